The van der Waals surface area contributed by atoms with Gasteiger partial charge in [0.15, 0.2) is 0 Å². The third kappa shape index (κ3) is 1.44. The average molecular weight is 192 g/mol. The molecule has 0 aromatic carbocycles. The summed E-state index contributed by atoms with van der Waals surface area (Å²) in [6, 6.07) is 0. The summed E-state index contributed by atoms with van der Waals surface area (Å²) in [7, 11) is 0. The van der Waals surface area contributed by atoms with Crippen LogP contribution in [-0.2, 0) is 0 Å². The van der Waals surface area contributed by atoms with Gasteiger partial charge in [0.25, 0.3) is 0 Å². The predicted octanol–water partition coefficient (Wildman–Crippen LogP) is 2.68. The zero-order chi connectivity index (χ0) is 9.26. The van der Waals surface area contributed by atoms with Crippen molar-refractivity contribution < 1.29 is 0 Å². The SMILES string of the molecule is CSC1=CCC=C1n1ccnc1C. The average Bonchev–Trinajstić information content (AvgIpc) is 2.71. The molecule has 1 heterocycles. The summed E-state index contributed by atoms with van der Waals surface area (Å²) in [5, 5.41) is 0. The minimum atomic E-state index is 1.04. The molecule has 0 N–H and O–H groups in total. The molecular weight excluding hydrogens is 180 g/mol. The number of rotatable bonds is 2. The molecule has 0 fully saturated rings. The summed E-state index contributed by atoms with van der Waals surface area (Å²) in [6.07, 6.45) is 11.5. The normalized spacial score (nSPS) is 15.8. The van der Waals surface area contributed by atoms with Gasteiger partial charge in [0.1, 0.15) is 5.82 Å². The van der Waals surface area contributed by atoms with Crippen molar-refractivity contribution in [2.75, 3.05) is 6.26 Å². The molecule has 0 aliphatic heterocycles. The number of thioether (sulfide) groups is 1. The van der Waals surface area contributed by atoms with Crippen molar-refractivity contribution in [1.82, 2.24) is 9.55 Å². The van der Waals surface area contributed by atoms with E-state index in [1.807, 2.05) is 19.3 Å². The van der Waals surface area contributed by atoms with E-state index in [0.717, 1.165) is 12.2 Å². The quantitative estimate of drug-likeness (QED) is 0.717. The van der Waals surface area contributed by atoms with Crippen LogP contribution in [0.2, 0.25) is 0 Å². The zero-order valence-corrected chi connectivity index (χ0v) is 8.64. The van der Waals surface area contributed by atoms with Gasteiger partial charge < -0.3 is 4.57 Å². The molecule has 2 nitrogen and oxygen atoms in total. The van der Waals surface area contributed by atoms with E-state index >= 15 is 0 Å². The van der Waals surface area contributed by atoms with Gasteiger partial charge in [-0.25, -0.2) is 4.98 Å². The number of imidazole rings is 1. The number of allylic oxidation sites excluding steroid dienone is 3. The van der Waals surface area contributed by atoms with Crippen molar-refractivity contribution in [2.24, 2.45) is 0 Å². The Kier molecular flexibility index (Phi) is 2.27. The second-order valence-electron chi connectivity index (χ2n) is 2.94. The standard InChI is InChI=1S/C10H12N2S/c1-8-11-6-7-12(8)9-4-3-5-10(9)13-2/h4-7H,3H2,1-2H3. The van der Waals surface area contributed by atoms with E-state index in [4.69, 9.17) is 0 Å². The number of aryl methyl sites for hydroxylation is 1. The maximum absolute atomic E-state index is 4.22. The van der Waals surface area contributed by atoms with E-state index in [-0.39, 0.29) is 0 Å². The first-order chi connectivity index (χ1) is 6.33. The van der Waals surface area contributed by atoms with E-state index in [0.29, 0.717) is 0 Å². The molecule has 3 heteroatoms. The fraction of sp³-hybridized carbons (Fsp3) is 0.300. The highest BCUT2D eigenvalue weighted by Crippen LogP contribution is 2.31. The highest BCUT2D eigenvalue weighted by molar-refractivity contribution is 8.03. The predicted molar refractivity (Wildman–Crippen MR) is 57.5 cm³/mol. The molecule has 68 valence electrons. The highest BCUT2D eigenvalue weighted by atomic mass is 32.2. The maximum Gasteiger partial charge on any atom is 0.110 e. The van der Waals surface area contributed by atoms with Crippen molar-refractivity contribution >= 4 is 17.5 Å². The van der Waals surface area contributed by atoms with Crippen LogP contribution in [0.15, 0.2) is 29.5 Å². The van der Waals surface area contributed by atoms with Gasteiger partial charge in [0.2, 0.25) is 0 Å². The topological polar surface area (TPSA) is 17.8 Å². The lowest BCUT2D eigenvalue weighted by Gasteiger charge is -2.08. The Morgan fingerprint density at radius 2 is 2.31 bits per heavy atom. The van der Waals surface area contributed by atoms with Gasteiger partial charge in [-0.2, -0.15) is 0 Å². The summed E-state index contributed by atoms with van der Waals surface area (Å²) in [5.41, 5.74) is 1.28. The molecule has 1 aromatic rings. The van der Waals surface area contributed by atoms with Crippen LogP contribution in [0.5, 0.6) is 0 Å². The monoisotopic (exact) mass is 192 g/mol. The smallest absolute Gasteiger partial charge is 0.110 e. The van der Waals surface area contributed by atoms with E-state index in [2.05, 4.69) is 28.0 Å². The van der Waals surface area contributed by atoms with Gasteiger partial charge in [-0.3, -0.25) is 0 Å². The first-order valence-electron chi connectivity index (χ1n) is 4.28. The van der Waals surface area contributed by atoms with Crippen molar-refractivity contribution in [2.45, 2.75) is 13.3 Å². The molecule has 2 rings (SSSR count). The Hall–Kier alpha value is -0.960. The molecule has 0 radical (unpaired) electrons. The van der Waals surface area contributed by atoms with Crippen LogP contribution in [-0.4, -0.2) is 15.8 Å². The number of nitrogens with zero attached hydrogens (tertiary/aromatic N) is 2. The van der Waals surface area contributed by atoms with Gasteiger partial charge in [-0.15, -0.1) is 11.8 Å². The first kappa shape index (κ1) is 8.63. The number of hydrogen-bond donors (Lipinski definition) is 0. The highest BCUT2D eigenvalue weighted by Gasteiger charge is 2.11. The largest absolute Gasteiger partial charge is 0.303 e. The van der Waals surface area contributed by atoms with Gasteiger partial charge in [0, 0.05) is 17.3 Å². The lowest BCUT2D eigenvalue weighted by atomic mass is 10.4. The molecule has 0 amide bonds. The van der Waals surface area contributed by atoms with Crippen LogP contribution >= 0.6 is 11.8 Å². The van der Waals surface area contributed by atoms with Gasteiger partial charge in [-0.05, 0) is 19.6 Å². The lowest BCUT2D eigenvalue weighted by molar-refractivity contribution is 1.00. The van der Waals surface area contributed by atoms with Crippen LogP contribution in [0.4, 0.5) is 0 Å². The van der Waals surface area contributed by atoms with Gasteiger partial charge in [-0.1, -0.05) is 12.2 Å². The summed E-state index contributed by atoms with van der Waals surface area (Å²) in [6.45, 7) is 2.02. The molecular formula is C10H12N2S. The Morgan fingerprint density at radius 1 is 1.46 bits per heavy atom. The molecule has 1 aliphatic carbocycles. The van der Waals surface area contributed by atoms with Crippen molar-refractivity contribution in [3.05, 3.63) is 35.3 Å². The van der Waals surface area contributed by atoms with Crippen molar-refractivity contribution in [3.63, 3.8) is 0 Å². The molecule has 1 aromatic heterocycles. The molecule has 13 heavy (non-hydrogen) atoms. The zero-order valence-electron chi connectivity index (χ0n) is 7.82. The fourth-order valence-electron chi connectivity index (χ4n) is 1.52. The Balaban J connectivity index is 2.38. The second-order valence-corrected chi connectivity index (χ2v) is 3.79. The summed E-state index contributed by atoms with van der Waals surface area (Å²) in [4.78, 5) is 5.56. The summed E-state index contributed by atoms with van der Waals surface area (Å²) >= 11 is 1.79. The van der Waals surface area contributed by atoms with E-state index < -0.39 is 0 Å². The summed E-state index contributed by atoms with van der Waals surface area (Å²) in [5.74, 6) is 1.05. The first-order valence-corrected chi connectivity index (χ1v) is 5.50. The Labute approximate surface area is 82.4 Å². The molecule has 0 saturated heterocycles. The molecule has 1 aliphatic rings. The van der Waals surface area contributed by atoms with E-state index in [9.17, 15) is 0 Å². The third-order valence-corrected chi connectivity index (χ3v) is 2.99. The Bertz CT molecular complexity index is 374. The fourth-order valence-corrected chi connectivity index (χ4v) is 2.17. The molecule has 0 atom stereocenters. The van der Waals surface area contributed by atoms with Crippen molar-refractivity contribution in [3.8, 4) is 0 Å². The van der Waals surface area contributed by atoms with Gasteiger partial charge in [0.05, 0.1) is 5.70 Å². The molecule has 0 spiro atoms. The van der Waals surface area contributed by atoms with E-state index in [1.54, 1.807) is 11.8 Å². The van der Waals surface area contributed by atoms with E-state index in [1.165, 1.54) is 10.6 Å². The Morgan fingerprint density at radius 3 is 2.92 bits per heavy atom. The van der Waals surface area contributed by atoms with Crippen LogP contribution in [0.1, 0.15) is 12.2 Å². The van der Waals surface area contributed by atoms with Gasteiger partial charge >= 0.3 is 0 Å². The molecule has 0 saturated carbocycles. The summed E-state index contributed by atoms with van der Waals surface area (Å²) < 4.78 is 2.13. The van der Waals surface area contributed by atoms with Crippen LogP contribution in [0.3, 0.4) is 0 Å². The van der Waals surface area contributed by atoms with Crippen molar-refractivity contribution in [1.29, 1.82) is 0 Å². The maximum atomic E-state index is 4.22. The van der Waals surface area contributed by atoms with Crippen LogP contribution in [0, 0.1) is 6.92 Å². The minimum absolute atomic E-state index is 1.04. The number of hydrogen-bond acceptors (Lipinski definition) is 2. The number of aromatic nitrogens is 2. The minimum Gasteiger partial charge on any atom is -0.303 e. The molecule has 0 bridgehead atoms. The second kappa shape index (κ2) is 3.42. The van der Waals surface area contributed by atoms with Crippen LogP contribution < -0.4 is 0 Å². The third-order valence-electron chi connectivity index (χ3n) is 2.17. The van der Waals surface area contributed by atoms with Crippen LogP contribution in [0.25, 0.3) is 5.70 Å². The lowest BCUT2D eigenvalue weighted by Crippen LogP contribution is -1.97. The molecule has 0 unspecified atom stereocenters.